The molecule has 4 heteroatoms. The lowest BCUT2D eigenvalue weighted by Crippen LogP contribution is -1.93. The summed E-state index contributed by atoms with van der Waals surface area (Å²) < 4.78 is 11.7. The van der Waals surface area contributed by atoms with Crippen molar-refractivity contribution >= 4 is 0 Å². The van der Waals surface area contributed by atoms with Crippen LogP contribution < -0.4 is 0 Å². The average molecular weight is 102 g/mol. The van der Waals surface area contributed by atoms with Gasteiger partial charge in [0.05, 0.1) is 6.20 Å². The summed E-state index contributed by atoms with van der Waals surface area (Å²) in [5, 5.41) is 11.3. The van der Waals surface area contributed by atoms with Crippen LogP contribution in [-0.2, 0) is 0 Å². The molecule has 3 nitrogen and oxygen atoms in total. The van der Waals surface area contributed by atoms with Gasteiger partial charge in [-0.25, -0.2) is 0 Å². The number of halogens is 1. The Morgan fingerprint density at radius 3 is 2.71 bits per heavy atom. The zero-order valence-corrected chi connectivity index (χ0v) is 3.37. The van der Waals surface area contributed by atoms with Crippen molar-refractivity contribution in [2.24, 2.45) is 0 Å². The van der Waals surface area contributed by atoms with Gasteiger partial charge in [-0.2, -0.15) is 4.39 Å². The molecule has 0 unspecified atom stereocenters. The minimum Gasteiger partial charge on any atom is -0.409 e. The molecule has 0 radical (unpaired) electrons. The fourth-order valence-corrected chi connectivity index (χ4v) is 0.280. The van der Waals surface area contributed by atoms with Crippen molar-refractivity contribution in [3.63, 3.8) is 0 Å². The first kappa shape index (κ1) is 4.11. The second-order valence-electron chi connectivity index (χ2n) is 1.04. The molecule has 1 aromatic heterocycles. The van der Waals surface area contributed by atoms with E-state index in [1.807, 2.05) is 0 Å². The highest BCUT2D eigenvalue weighted by molar-refractivity contribution is 4.79. The molecule has 0 aliphatic carbocycles. The van der Waals surface area contributed by atoms with Gasteiger partial charge in [0.2, 0.25) is 5.95 Å². The van der Waals surface area contributed by atoms with Crippen LogP contribution in [0.15, 0.2) is 12.3 Å². The maximum Gasteiger partial charge on any atom is 0.249 e. The highest BCUT2D eigenvalue weighted by atomic mass is 19.1. The van der Waals surface area contributed by atoms with Gasteiger partial charge in [-0.05, 0) is 0 Å². The predicted molar refractivity (Wildman–Crippen MR) is 19.4 cm³/mol. The molecule has 0 saturated heterocycles. The van der Waals surface area contributed by atoms with E-state index in [0.717, 1.165) is 12.3 Å². The highest BCUT2D eigenvalue weighted by Crippen LogP contribution is 1.88. The first-order valence-electron chi connectivity index (χ1n) is 1.69. The van der Waals surface area contributed by atoms with Crippen LogP contribution in [0.3, 0.4) is 0 Å². The SMILES string of the molecule is On1nccc1F. The topological polar surface area (TPSA) is 38.0 Å². The first-order chi connectivity index (χ1) is 3.30. The van der Waals surface area contributed by atoms with Crippen LogP contribution in [0.5, 0.6) is 0 Å². The number of nitrogens with zero attached hydrogens (tertiary/aromatic N) is 2. The molecule has 0 saturated carbocycles. The Kier molecular flexibility index (Phi) is 0.714. The van der Waals surface area contributed by atoms with E-state index in [-0.39, 0.29) is 4.85 Å². The molecule has 38 valence electrons. The van der Waals surface area contributed by atoms with Crippen LogP contribution >= 0.6 is 0 Å². The zero-order valence-electron chi connectivity index (χ0n) is 3.37. The molecule has 0 aromatic carbocycles. The number of hydrogen-bond acceptors (Lipinski definition) is 2. The molecule has 0 aliphatic heterocycles. The number of hydrogen-bond donors (Lipinski definition) is 1. The Labute approximate surface area is 39.0 Å². The van der Waals surface area contributed by atoms with Gasteiger partial charge >= 0.3 is 0 Å². The Morgan fingerprint density at radius 2 is 2.57 bits per heavy atom. The third kappa shape index (κ3) is 0.534. The normalized spacial score (nSPS) is 9.29. The van der Waals surface area contributed by atoms with Crippen LogP contribution in [0.25, 0.3) is 0 Å². The molecule has 1 rings (SSSR count). The largest absolute Gasteiger partial charge is 0.409 e. The molecule has 1 heterocycles. The maximum atomic E-state index is 11.7. The van der Waals surface area contributed by atoms with Gasteiger partial charge in [-0.15, -0.1) is 5.10 Å². The van der Waals surface area contributed by atoms with E-state index in [9.17, 15) is 4.39 Å². The summed E-state index contributed by atoms with van der Waals surface area (Å²) >= 11 is 0. The van der Waals surface area contributed by atoms with Crippen molar-refractivity contribution in [2.45, 2.75) is 0 Å². The highest BCUT2D eigenvalue weighted by Gasteiger charge is 1.92. The lowest BCUT2D eigenvalue weighted by molar-refractivity contribution is 0.113. The lowest BCUT2D eigenvalue weighted by atomic mass is 10.7. The molecular formula is C3H3FN2O. The monoisotopic (exact) mass is 102 g/mol. The molecule has 0 bridgehead atoms. The van der Waals surface area contributed by atoms with E-state index in [0.29, 0.717) is 0 Å². The number of aromatic nitrogens is 2. The van der Waals surface area contributed by atoms with Gasteiger partial charge in [0.15, 0.2) is 0 Å². The fourth-order valence-electron chi connectivity index (χ4n) is 0.280. The van der Waals surface area contributed by atoms with Crippen molar-refractivity contribution in [1.82, 2.24) is 9.94 Å². The standard InChI is InChI=1S/C3H3FN2O/c4-3-1-2-5-6(3)7/h1-2,7H. The van der Waals surface area contributed by atoms with E-state index in [1.54, 1.807) is 0 Å². The summed E-state index contributed by atoms with van der Waals surface area (Å²) in [6, 6.07) is 1.06. The third-order valence-electron chi connectivity index (χ3n) is 0.579. The summed E-state index contributed by atoms with van der Waals surface area (Å²) in [4.78, 5) is 0.167. The summed E-state index contributed by atoms with van der Waals surface area (Å²) in [6.45, 7) is 0. The Balaban J connectivity index is 3.12. The van der Waals surface area contributed by atoms with Crippen LogP contribution in [0.4, 0.5) is 4.39 Å². The molecule has 1 aromatic rings. The van der Waals surface area contributed by atoms with Crippen LogP contribution in [0, 0.1) is 5.95 Å². The Bertz CT molecular complexity index is 145. The molecule has 0 spiro atoms. The summed E-state index contributed by atoms with van der Waals surface area (Å²) in [5.41, 5.74) is 0. The molecule has 0 aliphatic rings. The van der Waals surface area contributed by atoms with E-state index in [4.69, 9.17) is 5.21 Å². The van der Waals surface area contributed by atoms with Crippen LogP contribution in [0.2, 0.25) is 0 Å². The van der Waals surface area contributed by atoms with Gasteiger partial charge < -0.3 is 5.21 Å². The third-order valence-corrected chi connectivity index (χ3v) is 0.579. The smallest absolute Gasteiger partial charge is 0.249 e. The van der Waals surface area contributed by atoms with Crippen LogP contribution in [-0.4, -0.2) is 15.2 Å². The van der Waals surface area contributed by atoms with Gasteiger partial charge in [0, 0.05) is 6.07 Å². The molecule has 1 N–H and O–H groups in total. The molecule has 0 amide bonds. The van der Waals surface area contributed by atoms with Crippen LogP contribution in [0.1, 0.15) is 0 Å². The van der Waals surface area contributed by atoms with Gasteiger partial charge in [-0.3, -0.25) is 0 Å². The fraction of sp³-hybridized carbons (Fsp3) is 0. The van der Waals surface area contributed by atoms with E-state index in [2.05, 4.69) is 5.10 Å². The molecular weight excluding hydrogens is 99.0 g/mol. The van der Waals surface area contributed by atoms with Crippen molar-refractivity contribution in [2.75, 3.05) is 0 Å². The van der Waals surface area contributed by atoms with Gasteiger partial charge in [-0.1, -0.05) is 4.85 Å². The lowest BCUT2D eigenvalue weighted by Gasteiger charge is -1.81. The Hall–Kier alpha value is -1.06. The minimum atomic E-state index is -0.750. The van der Waals surface area contributed by atoms with Gasteiger partial charge in [0.25, 0.3) is 0 Å². The number of rotatable bonds is 0. The average Bonchev–Trinajstić information content (AvgIpc) is 1.91. The first-order valence-corrected chi connectivity index (χ1v) is 1.69. The van der Waals surface area contributed by atoms with Crippen molar-refractivity contribution in [1.29, 1.82) is 0 Å². The minimum absolute atomic E-state index is 0.167. The summed E-state index contributed by atoms with van der Waals surface area (Å²) in [6.07, 6.45) is 1.16. The second kappa shape index (κ2) is 1.22. The predicted octanol–water partition coefficient (Wildman–Crippen LogP) is 0.260. The second-order valence-corrected chi connectivity index (χ2v) is 1.04. The van der Waals surface area contributed by atoms with Crippen molar-refractivity contribution < 1.29 is 9.60 Å². The van der Waals surface area contributed by atoms with Crippen molar-refractivity contribution in [3.8, 4) is 0 Å². The maximum absolute atomic E-state index is 11.7. The quantitative estimate of drug-likeness (QED) is 0.477. The zero-order chi connectivity index (χ0) is 5.28. The summed E-state index contributed by atoms with van der Waals surface area (Å²) in [7, 11) is 0. The molecule has 0 atom stereocenters. The van der Waals surface area contributed by atoms with Crippen molar-refractivity contribution in [3.05, 3.63) is 18.2 Å². The van der Waals surface area contributed by atoms with E-state index < -0.39 is 5.95 Å². The molecule has 0 fully saturated rings. The Morgan fingerprint density at radius 1 is 1.86 bits per heavy atom. The summed E-state index contributed by atoms with van der Waals surface area (Å²) in [5.74, 6) is -0.750. The van der Waals surface area contributed by atoms with Gasteiger partial charge in [0.1, 0.15) is 0 Å². The van der Waals surface area contributed by atoms with E-state index >= 15 is 0 Å². The molecule has 7 heavy (non-hydrogen) atoms. The van der Waals surface area contributed by atoms with E-state index in [1.165, 1.54) is 0 Å².